The van der Waals surface area contributed by atoms with E-state index in [0.717, 1.165) is 17.6 Å². The summed E-state index contributed by atoms with van der Waals surface area (Å²) in [6.07, 6.45) is 0.760. The fraction of sp³-hybridized carbons (Fsp3) is 0.273. The smallest absolute Gasteiger partial charge is 0.261 e. The molecule has 0 fully saturated rings. The normalized spacial score (nSPS) is 12.5. The van der Waals surface area contributed by atoms with Gasteiger partial charge in [0.05, 0.1) is 49.6 Å². The molecule has 12 nitrogen and oxygen atoms in total. The molecule has 3 aromatic heterocycles. The predicted molar refractivity (Wildman–Crippen MR) is 167 cm³/mol. The average Bonchev–Trinajstić information content (AvgIpc) is 3.64. The first-order valence-corrected chi connectivity index (χ1v) is 15.0. The lowest BCUT2D eigenvalue weighted by Gasteiger charge is -2.19. The van der Waals surface area contributed by atoms with Gasteiger partial charge in [0, 0.05) is 34.7 Å². The van der Waals surface area contributed by atoms with E-state index in [1.165, 1.54) is 23.1 Å². The Balaban J connectivity index is 0.838. The van der Waals surface area contributed by atoms with Crippen LogP contribution in [0, 0.1) is 11.0 Å². The molecule has 2 N–H and O–H groups in total. The first-order valence-electron chi connectivity index (χ1n) is 15.0. The van der Waals surface area contributed by atoms with Gasteiger partial charge in [-0.3, -0.25) is 14.0 Å². The van der Waals surface area contributed by atoms with Crippen LogP contribution in [0.2, 0.25) is 0 Å². The zero-order valence-electron chi connectivity index (χ0n) is 24.8. The summed E-state index contributed by atoms with van der Waals surface area (Å²) in [5.74, 6) is 0.814. The molecule has 0 saturated heterocycles. The number of ether oxygens (including phenoxy) is 3. The summed E-state index contributed by atoms with van der Waals surface area (Å²) in [7, 11) is 0. The molecule has 7 rings (SSSR count). The number of aromatic nitrogens is 5. The standard InChI is InChI=1S/C33H31FN6O6/c34-22-5-3-4-21(18-22)30-29(40(42)46-38-30)20-35-11-13-43-14-15-44-16-17-45-23-8-9-28-26(19-23)33(41)39-12-10-25-24-6-1-2-7-27(24)36-31(25)32(39)37-28/h1-9,18-19,35-36H,10-17,20H2. The van der Waals surface area contributed by atoms with E-state index in [1.807, 2.05) is 30.3 Å². The van der Waals surface area contributed by atoms with Crippen LogP contribution >= 0.6 is 0 Å². The summed E-state index contributed by atoms with van der Waals surface area (Å²) in [6, 6.07) is 19.3. The summed E-state index contributed by atoms with van der Waals surface area (Å²) in [6.45, 7) is 3.04. The average molecular weight is 627 g/mol. The number of fused-ring (bicyclic) bond motifs is 6. The molecule has 46 heavy (non-hydrogen) atoms. The van der Waals surface area contributed by atoms with Gasteiger partial charge in [0.25, 0.3) is 11.3 Å². The molecular formula is C33H31FN6O6. The monoisotopic (exact) mass is 626 g/mol. The lowest BCUT2D eigenvalue weighted by molar-refractivity contribution is -0.808. The second-order valence-electron chi connectivity index (χ2n) is 10.8. The van der Waals surface area contributed by atoms with Crippen LogP contribution in [-0.4, -0.2) is 59.3 Å². The lowest BCUT2D eigenvalue weighted by atomic mass is 10.0. The van der Waals surface area contributed by atoms with E-state index in [4.69, 9.17) is 23.8 Å². The number of rotatable bonds is 13. The summed E-state index contributed by atoms with van der Waals surface area (Å²) < 4.78 is 37.0. The van der Waals surface area contributed by atoms with Crippen molar-refractivity contribution in [1.29, 1.82) is 0 Å². The number of hydrogen-bond donors (Lipinski definition) is 2. The lowest BCUT2D eigenvalue weighted by Crippen LogP contribution is -2.32. The molecule has 0 aliphatic carbocycles. The number of hydrogen-bond acceptors (Lipinski definition) is 9. The van der Waals surface area contributed by atoms with Crippen molar-refractivity contribution in [3.8, 4) is 28.5 Å². The van der Waals surface area contributed by atoms with E-state index in [0.29, 0.717) is 79.1 Å². The number of aromatic amines is 1. The fourth-order valence-corrected chi connectivity index (χ4v) is 5.72. The minimum Gasteiger partial charge on any atom is -0.491 e. The van der Waals surface area contributed by atoms with Gasteiger partial charge in [-0.15, -0.1) is 0 Å². The van der Waals surface area contributed by atoms with E-state index in [1.54, 1.807) is 22.8 Å². The predicted octanol–water partition coefficient (Wildman–Crippen LogP) is 3.73. The molecule has 4 heterocycles. The van der Waals surface area contributed by atoms with E-state index in [9.17, 15) is 14.4 Å². The minimum absolute atomic E-state index is 0.0849. The van der Waals surface area contributed by atoms with Gasteiger partial charge in [0.15, 0.2) is 5.82 Å². The third-order valence-corrected chi connectivity index (χ3v) is 7.93. The first kappa shape index (κ1) is 29.6. The van der Waals surface area contributed by atoms with Crippen LogP contribution in [0.4, 0.5) is 4.39 Å². The maximum atomic E-state index is 13.6. The number of halogens is 1. The highest BCUT2D eigenvalue weighted by Crippen LogP contribution is 2.33. The van der Waals surface area contributed by atoms with Crippen LogP contribution in [0.1, 0.15) is 11.3 Å². The third-order valence-electron chi connectivity index (χ3n) is 7.93. The first-order chi connectivity index (χ1) is 22.6. The fourth-order valence-electron chi connectivity index (χ4n) is 5.72. The minimum atomic E-state index is -0.425. The highest BCUT2D eigenvalue weighted by atomic mass is 19.1. The highest BCUT2D eigenvalue weighted by Gasteiger charge is 2.24. The molecule has 0 bridgehead atoms. The van der Waals surface area contributed by atoms with Crippen molar-refractivity contribution in [3.05, 3.63) is 99.4 Å². The van der Waals surface area contributed by atoms with Crippen LogP contribution in [-0.2, 0) is 29.0 Å². The zero-order valence-corrected chi connectivity index (χ0v) is 24.8. The Hall–Kier alpha value is -5.11. The largest absolute Gasteiger partial charge is 0.491 e. The second-order valence-corrected chi connectivity index (χ2v) is 10.8. The quantitative estimate of drug-likeness (QED) is 0.145. The van der Waals surface area contributed by atoms with E-state index < -0.39 is 5.82 Å². The molecule has 6 aromatic rings. The summed E-state index contributed by atoms with van der Waals surface area (Å²) in [5, 5.41) is 20.5. The van der Waals surface area contributed by atoms with Gasteiger partial charge in [-0.25, -0.2) is 9.37 Å². The Kier molecular flexibility index (Phi) is 8.42. The molecular weight excluding hydrogens is 595 g/mol. The Bertz CT molecular complexity index is 2070. The molecule has 0 amide bonds. The van der Waals surface area contributed by atoms with Gasteiger partial charge in [0.1, 0.15) is 18.2 Å². The molecule has 13 heteroatoms. The number of H-pyrrole nitrogens is 1. The Morgan fingerprint density at radius 1 is 1.00 bits per heavy atom. The SMILES string of the molecule is O=c1c2cc(OCCOCCOCCNCc3c(-c4cccc(F)c4)no[n+]3[O-])ccc2nc2n1CCc1c-2[nH]c2ccccc12. The van der Waals surface area contributed by atoms with Gasteiger partial charge < -0.3 is 29.7 Å². The van der Waals surface area contributed by atoms with Crippen LogP contribution in [0.5, 0.6) is 5.75 Å². The van der Waals surface area contributed by atoms with Gasteiger partial charge in [-0.05, 0) is 53.3 Å². The van der Waals surface area contributed by atoms with Gasteiger partial charge in [0.2, 0.25) is 5.69 Å². The van der Waals surface area contributed by atoms with Crippen molar-refractivity contribution < 1.29 is 28.1 Å². The van der Waals surface area contributed by atoms with Crippen molar-refractivity contribution in [2.24, 2.45) is 0 Å². The second kappa shape index (κ2) is 13.1. The molecule has 0 atom stereocenters. The van der Waals surface area contributed by atoms with Gasteiger partial charge >= 0.3 is 0 Å². The molecule has 0 saturated carbocycles. The van der Waals surface area contributed by atoms with E-state index in [-0.39, 0.29) is 23.5 Å². The van der Waals surface area contributed by atoms with Crippen molar-refractivity contribution >= 4 is 21.8 Å². The number of benzene rings is 3. The highest BCUT2D eigenvalue weighted by molar-refractivity contribution is 5.91. The maximum absolute atomic E-state index is 13.6. The molecule has 1 aliphatic rings. The number of nitrogens with zero attached hydrogens (tertiary/aromatic N) is 4. The number of nitrogens with one attached hydrogen (secondary N) is 2. The van der Waals surface area contributed by atoms with E-state index in [2.05, 4.69) is 21.5 Å². The van der Waals surface area contributed by atoms with Crippen LogP contribution in [0.3, 0.4) is 0 Å². The summed E-state index contributed by atoms with van der Waals surface area (Å²) in [5.41, 5.74) is 4.69. The molecule has 1 aliphatic heterocycles. The van der Waals surface area contributed by atoms with E-state index >= 15 is 0 Å². The van der Waals surface area contributed by atoms with Crippen LogP contribution < -0.4 is 20.5 Å². The Morgan fingerprint density at radius 3 is 2.74 bits per heavy atom. The van der Waals surface area contributed by atoms with Crippen LogP contribution in [0.25, 0.3) is 44.6 Å². The van der Waals surface area contributed by atoms with Crippen molar-refractivity contribution in [2.45, 2.75) is 19.5 Å². The number of aryl methyl sites for hydroxylation is 1. The van der Waals surface area contributed by atoms with Gasteiger partial charge in [-0.1, -0.05) is 30.3 Å². The topological polar surface area (TPSA) is 143 Å². The molecule has 3 aromatic carbocycles. The van der Waals surface area contributed by atoms with Gasteiger partial charge in [-0.2, -0.15) is 0 Å². The van der Waals surface area contributed by atoms with Crippen molar-refractivity contribution in [2.75, 3.05) is 39.6 Å². The number of para-hydroxylation sites is 1. The van der Waals surface area contributed by atoms with Crippen LogP contribution in [0.15, 0.2) is 76.2 Å². The molecule has 236 valence electrons. The summed E-state index contributed by atoms with van der Waals surface area (Å²) >= 11 is 0. The third kappa shape index (κ3) is 5.95. The maximum Gasteiger partial charge on any atom is 0.261 e. The molecule has 0 unspecified atom stereocenters. The van der Waals surface area contributed by atoms with Crippen molar-refractivity contribution in [1.82, 2.24) is 25.0 Å². The summed E-state index contributed by atoms with van der Waals surface area (Å²) in [4.78, 5) is 22.0. The molecule has 0 radical (unpaired) electrons. The zero-order chi connectivity index (χ0) is 31.5. The Labute approximate surface area is 261 Å². The molecule has 0 spiro atoms. The Morgan fingerprint density at radius 2 is 1.85 bits per heavy atom. The van der Waals surface area contributed by atoms with Crippen molar-refractivity contribution in [3.63, 3.8) is 0 Å².